The SMILES string of the molecule is Cc1cc(N)ccc1-c1nnnn1CC(F)(F)F. The van der Waals surface area contributed by atoms with Crippen LogP contribution in [0.2, 0.25) is 0 Å². The second kappa shape index (κ2) is 4.28. The van der Waals surface area contributed by atoms with Gasteiger partial charge in [-0.3, -0.25) is 0 Å². The summed E-state index contributed by atoms with van der Waals surface area (Å²) in [6, 6.07) is 4.85. The van der Waals surface area contributed by atoms with Crippen molar-refractivity contribution in [3.63, 3.8) is 0 Å². The monoisotopic (exact) mass is 257 g/mol. The van der Waals surface area contributed by atoms with Crippen LogP contribution in [0.3, 0.4) is 0 Å². The summed E-state index contributed by atoms with van der Waals surface area (Å²) in [6.45, 7) is 0.511. The molecule has 0 radical (unpaired) electrons. The second-order valence-corrected chi connectivity index (χ2v) is 3.85. The molecule has 0 unspecified atom stereocenters. The van der Waals surface area contributed by atoms with Crippen molar-refractivity contribution in [3.05, 3.63) is 23.8 Å². The van der Waals surface area contributed by atoms with Crippen LogP contribution in [0.4, 0.5) is 18.9 Å². The zero-order chi connectivity index (χ0) is 13.3. The minimum atomic E-state index is -4.37. The lowest BCUT2D eigenvalue weighted by Gasteiger charge is -2.09. The molecule has 2 N–H and O–H groups in total. The molecule has 0 bridgehead atoms. The fraction of sp³-hybridized carbons (Fsp3) is 0.300. The van der Waals surface area contributed by atoms with E-state index in [0.29, 0.717) is 16.8 Å². The van der Waals surface area contributed by atoms with Gasteiger partial charge in [-0.2, -0.15) is 13.2 Å². The van der Waals surface area contributed by atoms with Crippen LogP contribution in [-0.4, -0.2) is 26.4 Å². The van der Waals surface area contributed by atoms with Crippen molar-refractivity contribution >= 4 is 5.69 Å². The number of halogens is 3. The first kappa shape index (κ1) is 12.3. The molecule has 0 fully saturated rings. The maximum Gasteiger partial charge on any atom is 0.408 e. The first-order chi connectivity index (χ1) is 8.37. The maximum absolute atomic E-state index is 12.3. The van der Waals surface area contributed by atoms with E-state index in [0.717, 1.165) is 4.68 Å². The summed E-state index contributed by atoms with van der Waals surface area (Å²) in [4.78, 5) is 0. The Morgan fingerprint density at radius 2 is 2.06 bits per heavy atom. The van der Waals surface area contributed by atoms with Crippen LogP contribution in [-0.2, 0) is 6.54 Å². The van der Waals surface area contributed by atoms with Crippen molar-refractivity contribution in [3.8, 4) is 11.4 Å². The molecule has 0 saturated heterocycles. The van der Waals surface area contributed by atoms with Gasteiger partial charge in [-0.1, -0.05) is 0 Å². The highest BCUT2D eigenvalue weighted by atomic mass is 19.4. The van der Waals surface area contributed by atoms with Crippen molar-refractivity contribution in [2.75, 3.05) is 5.73 Å². The van der Waals surface area contributed by atoms with Crippen molar-refractivity contribution in [1.82, 2.24) is 20.2 Å². The molecule has 0 aliphatic heterocycles. The van der Waals surface area contributed by atoms with Crippen molar-refractivity contribution in [2.45, 2.75) is 19.6 Å². The van der Waals surface area contributed by atoms with Crippen molar-refractivity contribution in [1.29, 1.82) is 0 Å². The number of aryl methyl sites for hydroxylation is 1. The molecule has 1 aromatic carbocycles. The Morgan fingerprint density at radius 1 is 1.33 bits per heavy atom. The van der Waals surface area contributed by atoms with E-state index in [9.17, 15) is 13.2 Å². The van der Waals surface area contributed by atoms with Gasteiger partial charge in [-0.25, -0.2) is 4.68 Å². The zero-order valence-electron chi connectivity index (χ0n) is 9.44. The summed E-state index contributed by atoms with van der Waals surface area (Å²) in [5.41, 5.74) is 7.36. The van der Waals surface area contributed by atoms with E-state index in [1.807, 2.05) is 0 Å². The average Bonchev–Trinajstić information content (AvgIpc) is 2.63. The van der Waals surface area contributed by atoms with Gasteiger partial charge in [0.1, 0.15) is 6.54 Å². The number of nitrogens with two attached hydrogens (primary N) is 1. The molecule has 0 saturated carbocycles. The number of rotatable bonds is 2. The highest BCUT2D eigenvalue weighted by Gasteiger charge is 2.30. The summed E-state index contributed by atoms with van der Waals surface area (Å²) >= 11 is 0. The summed E-state index contributed by atoms with van der Waals surface area (Å²) in [5.74, 6) is 0.0739. The Bertz CT molecular complexity index is 561. The lowest BCUT2D eigenvalue weighted by Crippen LogP contribution is -2.19. The molecule has 2 aromatic rings. The minimum absolute atomic E-state index is 0.0739. The first-order valence-electron chi connectivity index (χ1n) is 5.06. The highest BCUT2D eigenvalue weighted by Crippen LogP contribution is 2.25. The molecule has 5 nitrogen and oxygen atoms in total. The number of aromatic nitrogens is 4. The molecule has 0 aliphatic carbocycles. The number of benzene rings is 1. The topological polar surface area (TPSA) is 69.6 Å². The van der Waals surface area contributed by atoms with Gasteiger partial charge in [0.15, 0.2) is 5.82 Å². The van der Waals surface area contributed by atoms with Gasteiger partial charge in [-0.05, 0) is 41.1 Å². The normalized spacial score (nSPS) is 11.8. The second-order valence-electron chi connectivity index (χ2n) is 3.85. The lowest BCUT2D eigenvalue weighted by atomic mass is 10.1. The molecule has 1 heterocycles. The van der Waals surface area contributed by atoms with E-state index in [4.69, 9.17) is 5.73 Å². The molecule has 0 amide bonds. The molecule has 8 heteroatoms. The van der Waals surface area contributed by atoms with Gasteiger partial charge in [-0.15, -0.1) is 5.10 Å². The Morgan fingerprint density at radius 3 is 2.67 bits per heavy atom. The Balaban J connectivity index is 2.42. The fourth-order valence-electron chi connectivity index (χ4n) is 1.61. The van der Waals surface area contributed by atoms with E-state index >= 15 is 0 Å². The Kier molecular flexibility index (Phi) is 2.93. The summed E-state index contributed by atoms with van der Waals surface area (Å²) in [6.07, 6.45) is -4.37. The molecule has 18 heavy (non-hydrogen) atoms. The third kappa shape index (κ3) is 2.58. The third-order valence-electron chi connectivity index (χ3n) is 2.35. The predicted molar refractivity (Wildman–Crippen MR) is 58.5 cm³/mol. The van der Waals surface area contributed by atoms with Gasteiger partial charge in [0.2, 0.25) is 0 Å². The zero-order valence-corrected chi connectivity index (χ0v) is 9.44. The lowest BCUT2D eigenvalue weighted by molar-refractivity contribution is -0.142. The number of hydrogen-bond acceptors (Lipinski definition) is 4. The summed E-state index contributed by atoms with van der Waals surface area (Å²) in [7, 11) is 0. The molecule has 96 valence electrons. The number of nitrogens with zero attached hydrogens (tertiary/aromatic N) is 4. The van der Waals surface area contributed by atoms with Gasteiger partial charge in [0, 0.05) is 11.3 Å². The number of nitrogen functional groups attached to an aromatic ring is 1. The number of hydrogen-bond donors (Lipinski definition) is 1. The van der Waals surface area contributed by atoms with Crippen LogP contribution in [0.15, 0.2) is 18.2 Å². The largest absolute Gasteiger partial charge is 0.408 e. The minimum Gasteiger partial charge on any atom is -0.399 e. The molecular weight excluding hydrogens is 247 g/mol. The van der Waals surface area contributed by atoms with Crippen LogP contribution in [0, 0.1) is 6.92 Å². The summed E-state index contributed by atoms with van der Waals surface area (Å²) < 4.78 is 37.7. The van der Waals surface area contributed by atoms with E-state index in [1.54, 1.807) is 25.1 Å². The predicted octanol–water partition coefficient (Wildman–Crippen LogP) is 1.79. The van der Waals surface area contributed by atoms with E-state index in [2.05, 4.69) is 15.5 Å². The quantitative estimate of drug-likeness (QED) is 0.833. The van der Waals surface area contributed by atoms with Gasteiger partial charge < -0.3 is 5.73 Å². The molecule has 0 atom stereocenters. The standard InChI is InChI=1S/C10H10F3N5/c1-6-4-7(14)2-3-8(6)9-15-16-17-18(9)5-10(11,12)13/h2-4H,5,14H2,1H3. The number of tetrazole rings is 1. The van der Waals surface area contributed by atoms with Crippen molar-refractivity contribution < 1.29 is 13.2 Å². The third-order valence-corrected chi connectivity index (χ3v) is 2.35. The molecule has 1 aromatic heterocycles. The number of anilines is 1. The number of alkyl halides is 3. The van der Waals surface area contributed by atoms with Gasteiger partial charge in [0.05, 0.1) is 0 Å². The van der Waals surface area contributed by atoms with Crippen LogP contribution in [0.1, 0.15) is 5.56 Å². The first-order valence-corrected chi connectivity index (χ1v) is 5.06. The van der Waals surface area contributed by atoms with Crippen molar-refractivity contribution in [2.24, 2.45) is 0 Å². The van der Waals surface area contributed by atoms with E-state index in [-0.39, 0.29) is 5.82 Å². The molecular formula is C10H10F3N5. The Hall–Kier alpha value is -2.12. The highest BCUT2D eigenvalue weighted by molar-refractivity contribution is 5.63. The van der Waals surface area contributed by atoms with Crippen LogP contribution in [0.5, 0.6) is 0 Å². The maximum atomic E-state index is 12.3. The molecule has 2 rings (SSSR count). The fourth-order valence-corrected chi connectivity index (χ4v) is 1.61. The van der Waals surface area contributed by atoms with Crippen LogP contribution >= 0.6 is 0 Å². The Labute approximate surface area is 100 Å². The molecule has 0 aliphatic rings. The van der Waals surface area contributed by atoms with E-state index in [1.165, 1.54) is 0 Å². The summed E-state index contributed by atoms with van der Waals surface area (Å²) in [5, 5.41) is 10.2. The van der Waals surface area contributed by atoms with Gasteiger partial charge >= 0.3 is 6.18 Å². The molecule has 0 spiro atoms. The van der Waals surface area contributed by atoms with Gasteiger partial charge in [0.25, 0.3) is 0 Å². The van der Waals surface area contributed by atoms with E-state index < -0.39 is 12.7 Å². The smallest absolute Gasteiger partial charge is 0.399 e. The van der Waals surface area contributed by atoms with Crippen LogP contribution in [0.25, 0.3) is 11.4 Å². The van der Waals surface area contributed by atoms with Crippen LogP contribution < -0.4 is 5.73 Å². The average molecular weight is 257 g/mol.